The SMILES string of the molecule is Cc1c(NC(=O)NC(c2ccc(C(F)(F)F)cc2)c2ncccc2C(F)(F)F)cccc1[N+](=O)[O-]. The standard InChI is InChI=1S/C22H16F6N4O3/c1-12-16(5-2-6-17(12)32(34)35)30-20(33)31-18(13-7-9-14(10-8-13)21(23,24)25)19-15(22(26,27)28)4-3-11-29-19/h2-11,18H,1H3,(H2,30,31,33). The van der Waals surface area contributed by atoms with Crippen LogP contribution in [0.2, 0.25) is 0 Å². The summed E-state index contributed by atoms with van der Waals surface area (Å²) in [6.45, 7) is 1.36. The van der Waals surface area contributed by atoms with E-state index in [0.717, 1.165) is 30.5 Å². The van der Waals surface area contributed by atoms with Crippen LogP contribution in [-0.4, -0.2) is 15.9 Å². The number of urea groups is 1. The molecule has 0 aliphatic rings. The van der Waals surface area contributed by atoms with Gasteiger partial charge in [0.2, 0.25) is 0 Å². The molecule has 2 amide bonds. The van der Waals surface area contributed by atoms with Crippen LogP contribution < -0.4 is 10.6 Å². The topological polar surface area (TPSA) is 97.2 Å². The largest absolute Gasteiger partial charge is 0.418 e. The molecule has 1 unspecified atom stereocenters. The van der Waals surface area contributed by atoms with Gasteiger partial charge in [0.15, 0.2) is 0 Å². The molecule has 1 aromatic heterocycles. The van der Waals surface area contributed by atoms with E-state index in [1.807, 2.05) is 0 Å². The summed E-state index contributed by atoms with van der Waals surface area (Å²) in [6.07, 6.45) is -8.50. The van der Waals surface area contributed by atoms with E-state index >= 15 is 0 Å². The fourth-order valence-electron chi connectivity index (χ4n) is 3.31. The Morgan fingerprint density at radius 3 is 2.20 bits per heavy atom. The molecule has 0 fully saturated rings. The normalized spacial score (nSPS) is 12.7. The second-order valence-corrected chi connectivity index (χ2v) is 7.29. The number of hydrogen-bond donors (Lipinski definition) is 2. The lowest BCUT2D eigenvalue weighted by Crippen LogP contribution is -2.35. The highest BCUT2D eigenvalue weighted by atomic mass is 19.4. The van der Waals surface area contributed by atoms with E-state index < -0.39 is 46.2 Å². The van der Waals surface area contributed by atoms with Gasteiger partial charge in [-0.15, -0.1) is 0 Å². The molecule has 0 aliphatic heterocycles. The number of anilines is 1. The summed E-state index contributed by atoms with van der Waals surface area (Å²) in [5, 5.41) is 15.7. The maximum Gasteiger partial charge on any atom is 0.418 e. The van der Waals surface area contributed by atoms with Gasteiger partial charge in [0.25, 0.3) is 5.69 Å². The van der Waals surface area contributed by atoms with E-state index in [4.69, 9.17) is 0 Å². The predicted molar refractivity (Wildman–Crippen MR) is 113 cm³/mol. The van der Waals surface area contributed by atoms with Crippen molar-refractivity contribution in [2.75, 3.05) is 5.32 Å². The number of pyridine rings is 1. The smallest absolute Gasteiger partial charge is 0.325 e. The van der Waals surface area contributed by atoms with E-state index in [2.05, 4.69) is 15.6 Å². The Morgan fingerprint density at radius 2 is 1.63 bits per heavy atom. The third-order valence-electron chi connectivity index (χ3n) is 5.01. The first-order chi connectivity index (χ1) is 16.3. The summed E-state index contributed by atoms with van der Waals surface area (Å²) in [6, 6.07) is 6.14. The third kappa shape index (κ3) is 5.86. The van der Waals surface area contributed by atoms with Crippen LogP contribution in [0, 0.1) is 17.0 Å². The van der Waals surface area contributed by atoms with Crippen molar-refractivity contribution in [1.82, 2.24) is 10.3 Å². The van der Waals surface area contributed by atoms with Crippen molar-refractivity contribution in [3.8, 4) is 0 Å². The molecule has 3 aromatic rings. The number of alkyl halides is 6. The lowest BCUT2D eigenvalue weighted by molar-refractivity contribution is -0.385. The Morgan fingerprint density at radius 1 is 0.971 bits per heavy atom. The van der Waals surface area contributed by atoms with Crippen LogP contribution in [0.1, 0.15) is 34.0 Å². The second kappa shape index (κ2) is 9.60. The highest BCUT2D eigenvalue weighted by molar-refractivity contribution is 5.91. The minimum absolute atomic E-state index is 0.0138. The number of nitrogens with zero attached hydrogens (tertiary/aromatic N) is 2. The molecular weight excluding hydrogens is 482 g/mol. The quantitative estimate of drug-likeness (QED) is 0.247. The zero-order valence-corrected chi connectivity index (χ0v) is 17.7. The van der Waals surface area contributed by atoms with E-state index in [1.54, 1.807) is 0 Å². The fourth-order valence-corrected chi connectivity index (χ4v) is 3.31. The molecule has 1 heterocycles. The zero-order valence-electron chi connectivity index (χ0n) is 17.7. The van der Waals surface area contributed by atoms with Crippen LogP contribution in [0.5, 0.6) is 0 Å². The first kappa shape index (κ1) is 25.5. The van der Waals surface area contributed by atoms with Gasteiger partial charge in [-0.25, -0.2) is 4.79 Å². The van der Waals surface area contributed by atoms with Crippen molar-refractivity contribution < 1.29 is 36.1 Å². The van der Waals surface area contributed by atoms with E-state index in [9.17, 15) is 41.3 Å². The number of benzene rings is 2. The van der Waals surface area contributed by atoms with Crippen molar-refractivity contribution >= 4 is 17.4 Å². The molecule has 7 nitrogen and oxygen atoms in total. The maximum atomic E-state index is 13.6. The van der Waals surface area contributed by atoms with Crippen molar-refractivity contribution in [2.45, 2.75) is 25.3 Å². The first-order valence-electron chi connectivity index (χ1n) is 9.80. The van der Waals surface area contributed by atoms with Crippen LogP contribution in [0.25, 0.3) is 0 Å². The van der Waals surface area contributed by atoms with Crippen molar-refractivity contribution in [3.63, 3.8) is 0 Å². The Labute approximate surface area is 193 Å². The van der Waals surface area contributed by atoms with Gasteiger partial charge in [-0.2, -0.15) is 26.3 Å². The van der Waals surface area contributed by atoms with Gasteiger partial charge in [0.1, 0.15) is 0 Å². The highest BCUT2D eigenvalue weighted by Crippen LogP contribution is 2.36. The molecule has 2 aromatic carbocycles. The van der Waals surface area contributed by atoms with Gasteiger partial charge >= 0.3 is 18.4 Å². The number of nitro benzene ring substituents is 1. The van der Waals surface area contributed by atoms with Crippen LogP contribution >= 0.6 is 0 Å². The van der Waals surface area contributed by atoms with Crippen LogP contribution in [-0.2, 0) is 12.4 Å². The summed E-state index contributed by atoms with van der Waals surface area (Å²) < 4.78 is 79.7. The van der Waals surface area contributed by atoms with Gasteiger partial charge in [0.05, 0.1) is 39.0 Å². The summed E-state index contributed by atoms with van der Waals surface area (Å²) in [7, 11) is 0. The summed E-state index contributed by atoms with van der Waals surface area (Å²) in [5.41, 5.74) is -3.18. The number of aromatic nitrogens is 1. The Hall–Kier alpha value is -4.16. The molecule has 0 spiro atoms. The van der Waals surface area contributed by atoms with Gasteiger partial charge in [0, 0.05) is 12.3 Å². The van der Waals surface area contributed by atoms with Gasteiger partial charge in [-0.05, 0) is 42.8 Å². The van der Waals surface area contributed by atoms with Gasteiger partial charge < -0.3 is 10.6 Å². The van der Waals surface area contributed by atoms with Crippen molar-refractivity contribution in [1.29, 1.82) is 0 Å². The Balaban J connectivity index is 2.01. The lowest BCUT2D eigenvalue weighted by atomic mass is 9.98. The molecule has 13 heteroatoms. The third-order valence-corrected chi connectivity index (χ3v) is 5.01. The first-order valence-corrected chi connectivity index (χ1v) is 9.80. The molecule has 3 rings (SSSR count). The molecule has 0 saturated carbocycles. The Bertz CT molecular complexity index is 1240. The van der Waals surface area contributed by atoms with Crippen LogP contribution in [0.3, 0.4) is 0 Å². The summed E-state index contributed by atoms with van der Waals surface area (Å²) in [4.78, 5) is 26.9. The minimum Gasteiger partial charge on any atom is -0.325 e. The summed E-state index contributed by atoms with van der Waals surface area (Å²) in [5.74, 6) is 0. The molecule has 0 aliphatic carbocycles. The zero-order chi connectivity index (χ0) is 26.0. The van der Waals surface area contributed by atoms with E-state index in [-0.39, 0.29) is 22.5 Å². The molecule has 184 valence electrons. The molecule has 2 N–H and O–H groups in total. The number of nitrogens with one attached hydrogen (secondary N) is 2. The number of carbonyl (C=O) groups excluding carboxylic acids is 1. The van der Waals surface area contributed by atoms with Crippen LogP contribution in [0.15, 0.2) is 60.8 Å². The molecule has 0 bridgehead atoms. The predicted octanol–water partition coefficient (Wildman–Crippen LogP) is 6.25. The van der Waals surface area contributed by atoms with Crippen molar-refractivity contribution in [2.24, 2.45) is 0 Å². The molecular formula is C22H16F6N4O3. The number of halogens is 6. The Kier molecular flexibility index (Phi) is 6.99. The average Bonchev–Trinajstić information content (AvgIpc) is 2.77. The van der Waals surface area contributed by atoms with E-state index in [1.165, 1.54) is 25.1 Å². The van der Waals surface area contributed by atoms with Gasteiger partial charge in [-0.1, -0.05) is 18.2 Å². The number of rotatable bonds is 5. The number of amides is 2. The maximum absolute atomic E-state index is 13.6. The lowest BCUT2D eigenvalue weighted by Gasteiger charge is -2.23. The average molecular weight is 498 g/mol. The molecule has 35 heavy (non-hydrogen) atoms. The number of carbonyl (C=O) groups is 1. The number of nitro groups is 1. The fraction of sp³-hybridized carbons (Fsp3) is 0.182. The van der Waals surface area contributed by atoms with E-state index in [0.29, 0.717) is 12.1 Å². The molecule has 1 atom stereocenters. The number of hydrogen-bond acceptors (Lipinski definition) is 4. The monoisotopic (exact) mass is 498 g/mol. The second-order valence-electron chi connectivity index (χ2n) is 7.29. The molecule has 0 radical (unpaired) electrons. The molecule has 0 saturated heterocycles. The minimum atomic E-state index is -4.87. The summed E-state index contributed by atoms with van der Waals surface area (Å²) >= 11 is 0. The highest BCUT2D eigenvalue weighted by Gasteiger charge is 2.37. The van der Waals surface area contributed by atoms with Gasteiger partial charge in [-0.3, -0.25) is 15.1 Å². The van der Waals surface area contributed by atoms with Crippen LogP contribution in [0.4, 0.5) is 42.5 Å². The van der Waals surface area contributed by atoms with Crippen molar-refractivity contribution in [3.05, 3.63) is 98.9 Å².